The molecule has 0 amide bonds. The fourth-order valence-electron chi connectivity index (χ4n) is 4.16. The highest BCUT2D eigenvalue weighted by Gasteiger charge is 2.59. The summed E-state index contributed by atoms with van der Waals surface area (Å²) in [5.74, 6) is 0.411. The minimum absolute atomic E-state index is 0.290. The quantitative estimate of drug-likeness (QED) is 0.607. The highest BCUT2D eigenvalue weighted by molar-refractivity contribution is 7.80. The summed E-state index contributed by atoms with van der Waals surface area (Å²) in [7, 11) is 1.61. The van der Waals surface area contributed by atoms with Crippen LogP contribution in [-0.4, -0.2) is 30.5 Å². The van der Waals surface area contributed by atoms with Gasteiger partial charge in [0, 0.05) is 11.3 Å². The molecule has 0 spiro atoms. The molecule has 7 heteroatoms. The Kier molecular flexibility index (Phi) is 4.86. The number of nitrogens with one attached hydrogen (secondary N) is 1. The van der Waals surface area contributed by atoms with Crippen molar-refractivity contribution in [1.29, 1.82) is 0 Å². The highest BCUT2D eigenvalue weighted by Crippen LogP contribution is 2.50. The Morgan fingerprint density at radius 2 is 2.00 bits per heavy atom. The van der Waals surface area contributed by atoms with E-state index in [0.29, 0.717) is 16.6 Å². The molecule has 2 bridgehead atoms. The van der Waals surface area contributed by atoms with Crippen molar-refractivity contribution >= 4 is 29.0 Å². The predicted octanol–water partition coefficient (Wildman–Crippen LogP) is 3.73. The van der Waals surface area contributed by atoms with Gasteiger partial charge in [-0.2, -0.15) is 0 Å². The first-order valence-electron chi connectivity index (χ1n) is 9.60. The maximum Gasteiger partial charge on any atom is 0.317 e. The van der Waals surface area contributed by atoms with E-state index in [-0.39, 0.29) is 18.6 Å². The Bertz CT molecular complexity index is 962. The van der Waals surface area contributed by atoms with Gasteiger partial charge in [0.15, 0.2) is 5.11 Å². The van der Waals surface area contributed by atoms with E-state index in [1.165, 1.54) is 0 Å². The molecule has 0 aliphatic carbocycles. The fraction of sp³-hybridized carbons (Fsp3) is 0.364. The van der Waals surface area contributed by atoms with Crippen LogP contribution in [0, 0.1) is 12.8 Å². The molecule has 2 aliphatic rings. The van der Waals surface area contributed by atoms with E-state index in [4.69, 9.17) is 26.4 Å². The molecule has 4 rings (SSSR count). The first-order valence-corrected chi connectivity index (χ1v) is 10.0. The van der Waals surface area contributed by atoms with E-state index in [9.17, 15) is 4.79 Å². The topological polar surface area (TPSA) is 60.0 Å². The van der Waals surface area contributed by atoms with Gasteiger partial charge in [-0.25, -0.2) is 0 Å². The van der Waals surface area contributed by atoms with Crippen molar-refractivity contribution in [3.05, 3.63) is 53.6 Å². The van der Waals surface area contributed by atoms with Crippen molar-refractivity contribution in [2.24, 2.45) is 5.92 Å². The van der Waals surface area contributed by atoms with Crippen molar-refractivity contribution in [3.63, 3.8) is 0 Å². The van der Waals surface area contributed by atoms with Gasteiger partial charge < -0.3 is 19.5 Å². The Morgan fingerprint density at radius 1 is 1.28 bits per heavy atom. The molecule has 1 fully saturated rings. The fourth-order valence-corrected chi connectivity index (χ4v) is 4.58. The van der Waals surface area contributed by atoms with Crippen LogP contribution in [0.15, 0.2) is 42.5 Å². The number of benzene rings is 2. The molecule has 1 saturated heterocycles. The first-order chi connectivity index (χ1) is 13.9. The average molecular weight is 413 g/mol. The number of methoxy groups -OCH3 is 1. The zero-order valence-corrected chi connectivity index (χ0v) is 17.7. The van der Waals surface area contributed by atoms with Gasteiger partial charge in [0.25, 0.3) is 0 Å². The number of nitrogens with zero attached hydrogens (tertiary/aromatic N) is 1. The summed E-state index contributed by atoms with van der Waals surface area (Å²) in [6, 6.07) is 13.2. The van der Waals surface area contributed by atoms with Crippen LogP contribution in [0.4, 0.5) is 5.69 Å². The lowest BCUT2D eigenvalue weighted by molar-refractivity contribution is -0.159. The van der Waals surface area contributed by atoms with Crippen LogP contribution in [0.25, 0.3) is 0 Å². The molecule has 0 aromatic heterocycles. The summed E-state index contributed by atoms with van der Waals surface area (Å²) < 4.78 is 17.3. The Balaban J connectivity index is 1.88. The third-order valence-corrected chi connectivity index (χ3v) is 5.84. The molecule has 2 heterocycles. The van der Waals surface area contributed by atoms with E-state index in [1.807, 2.05) is 61.2 Å². The van der Waals surface area contributed by atoms with Gasteiger partial charge in [-0.1, -0.05) is 17.7 Å². The SMILES string of the molecule is CCOC(=O)[C@H]1[C@H]2NC(=S)N(c3ccc(C)cc3)[C@@]1(C)Oc1ccc(OC)cc12. The molecule has 152 valence electrons. The molecule has 2 aromatic carbocycles. The standard InChI is InChI=1S/C22H24N2O4S/c1-5-27-20(25)18-19-16-12-15(26-4)10-11-17(16)28-22(18,3)24(21(29)23-19)14-8-6-13(2)7-9-14/h6-12,18-19H,5H2,1-4H3,(H,23,29)/t18-,19+,22+/m1/s1. The van der Waals surface area contributed by atoms with Gasteiger partial charge in [0.05, 0.1) is 19.8 Å². The number of carbonyl (C=O) groups is 1. The maximum absolute atomic E-state index is 13.1. The summed E-state index contributed by atoms with van der Waals surface area (Å²) in [6.45, 7) is 6.00. The number of rotatable bonds is 4. The molecule has 1 N–H and O–H groups in total. The number of thiocarbonyl (C=S) groups is 1. The van der Waals surface area contributed by atoms with Gasteiger partial charge in [0.1, 0.15) is 17.4 Å². The van der Waals surface area contributed by atoms with Crippen LogP contribution in [0.3, 0.4) is 0 Å². The van der Waals surface area contributed by atoms with Crippen molar-refractivity contribution in [1.82, 2.24) is 5.32 Å². The lowest BCUT2D eigenvalue weighted by Crippen LogP contribution is -2.71. The van der Waals surface area contributed by atoms with Gasteiger partial charge in [-0.05, 0) is 63.3 Å². The normalized spacial score (nSPS) is 24.8. The number of aryl methyl sites for hydroxylation is 1. The number of hydrogen-bond acceptors (Lipinski definition) is 5. The molecule has 6 nitrogen and oxygen atoms in total. The molecule has 2 aliphatic heterocycles. The number of carbonyl (C=O) groups excluding carboxylic acids is 1. The lowest BCUT2D eigenvalue weighted by Gasteiger charge is -2.55. The van der Waals surface area contributed by atoms with E-state index in [1.54, 1.807) is 14.0 Å². The molecule has 29 heavy (non-hydrogen) atoms. The number of hydrogen-bond donors (Lipinski definition) is 1. The second-order valence-corrected chi connectivity index (χ2v) is 7.78. The van der Waals surface area contributed by atoms with Gasteiger partial charge in [0.2, 0.25) is 5.72 Å². The van der Waals surface area contributed by atoms with E-state index >= 15 is 0 Å². The van der Waals surface area contributed by atoms with E-state index in [0.717, 1.165) is 16.8 Å². The number of esters is 1. The Labute approximate surface area is 175 Å². The largest absolute Gasteiger partial charge is 0.497 e. The van der Waals surface area contributed by atoms with Gasteiger partial charge >= 0.3 is 5.97 Å². The van der Waals surface area contributed by atoms with E-state index in [2.05, 4.69) is 5.32 Å². The van der Waals surface area contributed by atoms with Crippen LogP contribution in [0.1, 0.15) is 31.0 Å². The molecule has 0 radical (unpaired) electrons. The lowest BCUT2D eigenvalue weighted by atomic mass is 9.79. The zero-order chi connectivity index (χ0) is 20.8. The van der Waals surface area contributed by atoms with Crippen molar-refractivity contribution < 1.29 is 19.0 Å². The summed E-state index contributed by atoms with van der Waals surface area (Å²) in [6.07, 6.45) is 0. The van der Waals surface area contributed by atoms with Crippen LogP contribution < -0.4 is 19.7 Å². The summed E-state index contributed by atoms with van der Waals surface area (Å²) in [5.41, 5.74) is 1.76. The second-order valence-electron chi connectivity index (χ2n) is 7.39. The maximum atomic E-state index is 13.1. The monoisotopic (exact) mass is 412 g/mol. The average Bonchev–Trinajstić information content (AvgIpc) is 2.68. The van der Waals surface area contributed by atoms with Crippen molar-refractivity contribution in [2.75, 3.05) is 18.6 Å². The minimum Gasteiger partial charge on any atom is -0.497 e. The van der Waals surface area contributed by atoms with Crippen molar-refractivity contribution in [2.45, 2.75) is 32.5 Å². The predicted molar refractivity (Wildman–Crippen MR) is 114 cm³/mol. The Hall–Kier alpha value is -2.80. The molecular weight excluding hydrogens is 388 g/mol. The summed E-state index contributed by atoms with van der Waals surface area (Å²) in [5, 5.41) is 3.85. The molecule has 0 saturated carbocycles. The summed E-state index contributed by atoms with van der Waals surface area (Å²) >= 11 is 5.71. The van der Waals surface area contributed by atoms with Gasteiger partial charge in [-0.3, -0.25) is 9.69 Å². The first kappa shape index (κ1) is 19.5. The second kappa shape index (κ2) is 7.22. The number of anilines is 1. The molecule has 0 unspecified atom stereocenters. The molecule has 2 aromatic rings. The van der Waals surface area contributed by atoms with Crippen LogP contribution in [0.5, 0.6) is 11.5 Å². The smallest absolute Gasteiger partial charge is 0.317 e. The van der Waals surface area contributed by atoms with Crippen LogP contribution >= 0.6 is 12.2 Å². The summed E-state index contributed by atoms with van der Waals surface area (Å²) in [4.78, 5) is 14.9. The number of ether oxygens (including phenoxy) is 3. The van der Waals surface area contributed by atoms with Gasteiger partial charge in [-0.15, -0.1) is 0 Å². The third kappa shape index (κ3) is 3.09. The third-order valence-electron chi connectivity index (χ3n) is 5.54. The molecule has 3 atom stereocenters. The number of fused-ring (bicyclic) bond motifs is 4. The Morgan fingerprint density at radius 3 is 2.66 bits per heavy atom. The van der Waals surface area contributed by atoms with Crippen LogP contribution in [0.2, 0.25) is 0 Å². The van der Waals surface area contributed by atoms with Crippen LogP contribution in [-0.2, 0) is 9.53 Å². The minimum atomic E-state index is -1.05. The highest BCUT2D eigenvalue weighted by atomic mass is 32.1. The zero-order valence-electron chi connectivity index (χ0n) is 16.9. The van der Waals surface area contributed by atoms with E-state index < -0.39 is 11.6 Å². The molecular formula is C22H24N2O4S. The van der Waals surface area contributed by atoms with Crippen molar-refractivity contribution in [3.8, 4) is 11.5 Å².